The zero-order chi connectivity index (χ0) is 22.3. The monoisotopic (exact) mass is 441 g/mol. The number of rotatable bonds is 7. The molecule has 0 aliphatic carbocycles. The fourth-order valence-corrected chi connectivity index (χ4v) is 5.37. The molecular formula is C30H35NO2. The number of para-hydroxylation sites is 1. The lowest BCUT2D eigenvalue weighted by molar-refractivity contribution is 0.239. The van der Waals surface area contributed by atoms with Gasteiger partial charge in [0, 0.05) is 23.9 Å². The van der Waals surface area contributed by atoms with E-state index in [0.29, 0.717) is 12.5 Å². The third-order valence-electron chi connectivity index (χ3n) is 7.13. The second-order valence-corrected chi connectivity index (χ2v) is 9.37. The highest BCUT2D eigenvalue weighted by Crippen LogP contribution is 2.46. The number of benzene rings is 3. The van der Waals surface area contributed by atoms with Crippen LogP contribution in [0.25, 0.3) is 0 Å². The zero-order valence-corrected chi connectivity index (χ0v) is 19.5. The number of likely N-dealkylation sites (tertiary alicyclic amines) is 1. The van der Waals surface area contributed by atoms with Crippen molar-refractivity contribution >= 4 is 0 Å². The van der Waals surface area contributed by atoms with E-state index in [1.807, 2.05) is 0 Å². The van der Waals surface area contributed by atoms with Crippen LogP contribution in [0.5, 0.6) is 11.5 Å². The van der Waals surface area contributed by atoms with E-state index in [-0.39, 0.29) is 5.92 Å². The van der Waals surface area contributed by atoms with Crippen molar-refractivity contribution in [1.82, 2.24) is 4.90 Å². The molecule has 2 unspecified atom stereocenters. The van der Waals surface area contributed by atoms with Crippen LogP contribution in [0.3, 0.4) is 0 Å². The normalized spacial score (nSPS) is 21.0. The molecule has 3 aromatic carbocycles. The van der Waals surface area contributed by atoms with E-state index in [0.717, 1.165) is 31.1 Å². The molecule has 3 aromatic rings. The summed E-state index contributed by atoms with van der Waals surface area (Å²) in [5.74, 6) is 2.53. The molecule has 1 saturated heterocycles. The van der Waals surface area contributed by atoms with E-state index in [1.54, 1.807) is 0 Å². The maximum absolute atomic E-state index is 6.16. The first kappa shape index (κ1) is 22.0. The van der Waals surface area contributed by atoms with Crippen LogP contribution in [-0.2, 0) is 0 Å². The lowest BCUT2D eigenvalue weighted by Crippen LogP contribution is -2.26. The van der Waals surface area contributed by atoms with Crippen LogP contribution < -0.4 is 9.47 Å². The number of hydrogen-bond acceptors (Lipinski definition) is 3. The Morgan fingerprint density at radius 1 is 0.758 bits per heavy atom. The first-order chi connectivity index (χ1) is 16.4. The first-order valence-corrected chi connectivity index (χ1v) is 12.6. The zero-order valence-electron chi connectivity index (χ0n) is 19.5. The maximum Gasteiger partial charge on any atom is 0.123 e. The quantitative estimate of drug-likeness (QED) is 0.384. The molecule has 33 heavy (non-hydrogen) atoms. The van der Waals surface area contributed by atoms with Gasteiger partial charge in [-0.1, -0.05) is 73.5 Å². The minimum Gasteiger partial charge on any atom is -0.494 e. The van der Waals surface area contributed by atoms with Gasteiger partial charge >= 0.3 is 0 Å². The first-order valence-electron chi connectivity index (χ1n) is 12.6. The predicted octanol–water partition coefficient (Wildman–Crippen LogP) is 6.64. The minimum atomic E-state index is 0.273. The summed E-state index contributed by atoms with van der Waals surface area (Å²) in [6, 6.07) is 28.0. The molecule has 0 saturated carbocycles. The van der Waals surface area contributed by atoms with E-state index in [2.05, 4.69) is 83.8 Å². The van der Waals surface area contributed by atoms with Crippen molar-refractivity contribution in [2.75, 3.05) is 32.8 Å². The maximum atomic E-state index is 6.16. The molecule has 0 bridgehead atoms. The van der Waals surface area contributed by atoms with Crippen molar-refractivity contribution in [2.45, 2.75) is 43.9 Å². The van der Waals surface area contributed by atoms with Crippen LogP contribution in [-0.4, -0.2) is 37.7 Å². The number of ether oxygens (including phenoxy) is 2. The van der Waals surface area contributed by atoms with Crippen molar-refractivity contribution in [3.05, 3.63) is 95.6 Å². The third kappa shape index (κ3) is 5.42. The second-order valence-electron chi connectivity index (χ2n) is 9.37. The van der Waals surface area contributed by atoms with Gasteiger partial charge in [-0.15, -0.1) is 0 Å². The van der Waals surface area contributed by atoms with Crippen LogP contribution in [0.1, 0.15) is 60.6 Å². The molecule has 5 rings (SSSR count). The van der Waals surface area contributed by atoms with Gasteiger partial charge in [-0.25, -0.2) is 0 Å². The Hall–Kier alpha value is -2.78. The Kier molecular flexibility index (Phi) is 7.27. The minimum absolute atomic E-state index is 0.273. The average molecular weight is 442 g/mol. The van der Waals surface area contributed by atoms with Gasteiger partial charge in [0.1, 0.15) is 11.5 Å². The average Bonchev–Trinajstić information content (AvgIpc) is 3.16. The molecule has 0 amide bonds. The molecule has 3 heteroatoms. The van der Waals surface area contributed by atoms with E-state index in [1.165, 1.54) is 55.5 Å². The molecule has 2 heterocycles. The topological polar surface area (TPSA) is 21.7 Å². The summed E-state index contributed by atoms with van der Waals surface area (Å²) in [7, 11) is 0. The molecule has 2 aliphatic rings. The molecular weight excluding hydrogens is 406 g/mol. The van der Waals surface area contributed by atoms with E-state index < -0.39 is 0 Å². The van der Waals surface area contributed by atoms with Gasteiger partial charge < -0.3 is 14.4 Å². The Morgan fingerprint density at radius 2 is 1.48 bits per heavy atom. The molecule has 172 valence electrons. The summed E-state index contributed by atoms with van der Waals surface area (Å²) in [6.45, 7) is 5.13. The summed E-state index contributed by atoms with van der Waals surface area (Å²) in [5.41, 5.74) is 3.91. The van der Waals surface area contributed by atoms with Gasteiger partial charge in [-0.05, 0) is 61.7 Å². The molecule has 0 N–H and O–H groups in total. The molecule has 0 aromatic heterocycles. The van der Waals surface area contributed by atoms with E-state index in [9.17, 15) is 0 Å². The Balaban J connectivity index is 1.26. The van der Waals surface area contributed by atoms with E-state index in [4.69, 9.17) is 9.47 Å². The number of nitrogens with zero attached hydrogens (tertiary/aromatic N) is 1. The fraction of sp³-hybridized carbons (Fsp3) is 0.400. The van der Waals surface area contributed by atoms with Crippen molar-refractivity contribution < 1.29 is 9.47 Å². The van der Waals surface area contributed by atoms with Gasteiger partial charge in [0.15, 0.2) is 0 Å². The highest BCUT2D eigenvalue weighted by molar-refractivity contribution is 5.48. The lowest BCUT2D eigenvalue weighted by atomic mass is 9.76. The molecule has 2 atom stereocenters. The standard InChI is InChI=1S/C30H35NO2/c1-2-9-20-31(19-8-1)21-10-22-32-26-17-15-25(16-18-26)30-27-13-6-7-14-29(27)33-23-28(30)24-11-4-3-5-12-24/h3-7,11-18,28,30H,1-2,8-10,19-23H2. The molecule has 2 aliphatic heterocycles. The second kappa shape index (κ2) is 10.9. The SMILES string of the molecule is c1ccc(C2COc3ccccc3C2c2ccc(OCCCN3CCCCCC3)cc2)cc1. The van der Waals surface area contributed by atoms with Crippen LogP contribution in [0.4, 0.5) is 0 Å². The number of fused-ring (bicyclic) bond motifs is 1. The van der Waals surface area contributed by atoms with E-state index >= 15 is 0 Å². The molecule has 0 radical (unpaired) electrons. The number of hydrogen-bond donors (Lipinski definition) is 0. The van der Waals surface area contributed by atoms with Crippen LogP contribution in [0, 0.1) is 0 Å². The highest BCUT2D eigenvalue weighted by Gasteiger charge is 2.33. The Bertz CT molecular complexity index is 993. The van der Waals surface area contributed by atoms with Crippen molar-refractivity contribution in [3.8, 4) is 11.5 Å². The van der Waals surface area contributed by atoms with Gasteiger partial charge in [-0.2, -0.15) is 0 Å². The summed E-state index contributed by atoms with van der Waals surface area (Å²) < 4.78 is 12.3. The molecule has 1 fully saturated rings. The Morgan fingerprint density at radius 3 is 2.27 bits per heavy atom. The van der Waals surface area contributed by atoms with Crippen molar-refractivity contribution in [3.63, 3.8) is 0 Å². The lowest BCUT2D eigenvalue weighted by Gasteiger charge is -2.34. The van der Waals surface area contributed by atoms with Crippen LogP contribution in [0.15, 0.2) is 78.9 Å². The van der Waals surface area contributed by atoms with Gasteiger partial charge in [-0.3, -0.25) is 0 Å². The summed E-state index contributed by atoms with van der Waals surface area (Å²) in [5, 5.41) is 0. The highest BCUT2D eigenvalue weighted by atomic mass is 16.5. The summed E-state index contributed by atoms with van der Waals surface area (Å²) in [4.78, 5) is 2.60. The van der Waals surface area contributed by atoms with Crippen molar-refractivity contribution in [2.24, 2.45) is 0 Å². The van der Waals surface area contributed by atoms with Crippen LogP contribution >= 0.6 is 0 Å². The summed E-state index contributed by atoms with van der Waals surface area (Å²) in [6.07, 6.45) is 6.57. The van der Waals surface area contributed by atoms with Gasteiger partial charge in [0.25, 0.3) is 0 Å². The smallest absolute Gasteiger partial charge is 0.123 e. The Labute approximate surface area is 198 Å². The predicted molar refractivity (Wildman–Crippen MR) is 134 cm³/mol. The van der Waals surface area contributed by atoms with Gasteiger partial charge in [0.2, 0.25) is 0 Å². The third-order valence-corrected chi connectivity index (χ3v) is 7.13. The van der Waals surface area contributed by atoms with Crippen LogP contribution in [0.2, 0.25) is 0 Å². The summed E-state index contributed by atoms with van der Waals surface area (Å²) >= 11 is 0. The molecule has 0 spiro atoms. The largest absolute Gasteiger partial charge is 0.494 e. The van der Waals surface area contributed by atoms with Crippen molar-refractivity contribution in [1.29, 1.82) is 0 Å². The fourth-order valence-electron chi connectivity index (χ4n) is 5.37. The van der Waals surface area contributed by atoms with Gasteiger partial charge in [0.05, 0.1) is 13.2 Å². The molecule has 3 nitrogen and oxygen atoms in total.